The molecule has 0 fully saturated rings. The Morgan fingerprint density at radius 3 is 2.42 bits per heavy atom. The smallest absolute Gasteiger partial charge is 0.441 e. The fraction of sp³-hybridized carbons (Fsp3) is 0.182. The molecule has 7 nitrogen and oxygen atoms in total. The van der Waals surface area contributed by atoms with Gasteiger partial charge in [0.25, 0.3) is 5.91 Å². The van der Waals surface area contributed by atoms with E-state index in [1.165, 1.54) is 6.08 Å². The van der Waals surface area contributed by atoms with Crippen LogP contribution in [-0.2, 0) is 4.79 Å². The lowest BCUT2D eigenvalue weighted by Crippen LogP contribution is -2.35. The molecule has 0 saturated heterocycles. The van der Waals surface area contributed by atoms with Crippen molar-refractivity contribution in [2.24, 2.45) is 10.1 Å². The number of fused-ring (bicyclic) bond motifs is 1. The zero-order valence-electron chi connectivity index (χ0n) is 17.2. The number of carbonyl (C=O) groups excluding carboxylic acids is 1. The van der Waals surface area contributed by atoms with E-state index >= 15 is 0 Å². The monoisotopic (exact) mass is 474 g/mol. The van der Waals surface area contributed by atoms with Crippen LogP contribution in [0.2, 0.25) is 0 Å². The van der Waals surface area contributed by atoms with Gasteiger partial charge in [-0.05, 0) is 60.2 Å². The molecule has 2 heterocycles. The summed E-state index contributed by atoms with van der Waals surface area (Å²) >= 11 is 0.210. The van der Waals surface area contributed by atoms with Gasteiger partial charge in [-0.15, -0.1) is 0 Å². The zero-order valence-corrected chi connectivity index (χ0v) is 18.0. The predicted molar refractivity (Wildman–Crippen MR) is 120 cm³/mol. The molecule has 2 aromatic rings. The summed E-state index contributed by atoms with van der Waals surface area (Å²) in [5.74, 6) is -0.0436. The fourth-order valence-electron chi connectivity index (χ4n) is 2.99. The number of carbonyl (C=O) groups is 1. The van der Waals surface area contributed by atoms with E-state index in [4.69, 9.17) is 14.9 Å². The number of amidine groups is 2. The summed E-state index contributed by atoms with van der Waals surface area (Å²) in [7, 11) is 0. The number of nitrogens with zero attached hydrogens (tertiary/aromatic N) is 3. The molecule has 170 valence electrons. The first-order valence-corrected chi connectivity index (χ1v) is 10.5. The highest BCUT2D eigenvalue weighted by atomic mass is 32.2. The molecule has 0 unspecified atom stereocenters. The second-order valence-corrected chi connectivity index (χ2v) is 7.96. The summed E-state index contributed by atoms with van der Waals surface area (Å²) < 4.78 is 50.1. The molecule has 33 heavy (non-hydrogen) atoms. The molecule has 1 amide bonds. The average Bonchev–Trinajstić information content (AvgIpc) is 3.19. The zero-order chi connectivity index (χ0) is 23.6. The Bertz CT molecular complexity index is 1210. The highest BCUT2D eigenvalue weighted by Gasteiger charge is 2.46. The lowest BCUT2D eigenvalue weighted by Gasteiger charge is -2.20. The van der Waals surface area contributed by atoms with Gasteiger partial charge >= 0.3 is 6.18 Å². The number of aliphatic imine (C=N–C) groups is 1. The maximum atomic E-state index is 12.9. The summed E-state index contributed by atoms with van der Waals surface area (Å²) in [6.07, 6.45) is -3.32. The lowest BCUT2D eigenvalue weighted by atomic mass is 10.1. The second kappa shape index (κ2) is 9.10. The minimum atomic E-state index is -4.69. The third kappa shape index (κ3) is 5.25. The minimum absolute atomic E-state index is 0.175. The van der Waals surface area contributed by atoms with E-state index in [2.05, 4.69) is 10.1 Å². The number of amides is 1. The molecule has 11 heteroatoms. The number of rotatable bonds is 6. The summed E-state index contributed by atoms with van der Waals surface area (Å²) in [5.41, 5.74) is 1.43. The van der Waals surface area contributed by atoms with Crippen molar-refractivity contribution in [2.45, 2.75) is 13.1 Å². The van der Waals surface area contributed by atoms with Crippen LogP contribution in [0.4, 0.5) is 13.2 Å². The maximum Gasteiger partial charge on any atom is 0.441 e. The van der Waals surface area contributed by atoms with Crippen molar-refractivity contribution in [3.05, 3.63) is 65.2 Å². The largest absolute Gasteiger partial charge is 0.490 e. The van der Waals surface area contributed by atoms with Gasteiger partial charge in [-0.2, -0.15) is 28.3 Å². The fourth-order valence-corrected chi connectivity index (χ4v) is 3.75. The summed E-state index contributed by atoms with van der Waals surface area (Å²) in [6, 6.07) is 14.4. The standard InChI is InChI=1S/C22H17F3N4O3S/c1-13-4-2-6-15(10-13)31-8-9-32-16-7-3-5-14(11-16)12-17-18(26)29-21(27-19(17)30)33-20(28-29)22(23,24)25/h2-7,10-12,26H,8-9H2,1H3. The third-order valence-corrected chi connectivity index (χ3v) is 5.43. The van der Waals surface area contributed by atoms with Gasteiger partial charge in [0, 0.05) is 0 Å². The van der Waals surface area contributed by atoms with E-state index in [0.29, 0.717) is 22.9 Å². The Labute approximate surface area is 191 Å². The lowest BCUT2D eigenvalue weighted by molar-refractivity contribution is -0.114. The van der Waals surface area contributed by atoms with E-state index < -0.39 is 23.0 Å². The van der Waals surface area contributed by atoms with E-state index in [0.717, 1.165) is 11.3 Å². The van der Waals surface area contributed by atoms with Crippen LogP contribution in [0.1, 0.15) is 11.1 Å². The van der Waals surface area contributed by atoms with Gasteiger partial charge in [-0.25, -0.2) is 0 Å². The van der Waals surface area contributed by atoms with Crippen molar-refractivity contribution in [3.63, 3.8) is 0 Å². The van der Waals surface area contributed by atoms with E-state index in [1.807, 2.05) is 31.2 Å². The second-order valence-electron chi connectivity index (χ2n) is 7.01. The quantitative estimate of drug-likeness (QED) is 0.487. The molecule has 0 aliphatic carbocycles. The van der Waals surface area contributed by atoms with Crippen molar-refractivity contribution in [3.8, 4) is 11.5 Å². The highest BCUT2D eigenvalue weighted by molar-refractivity contribution is 8.27. The van der Waals surface area contributed by atoms with Crippen LogP contribution in [0.3, 0.4) is 0 Å². The van der Waals surface area contributed by atoms with E-state index in [-0.39, 0.29) is 29.1 Å². The van der Waals surface area contributed by atoms with Crippen LogP contribution in [0.5, 0.6) is 11.5 Å². The molecule has 0 atom stereocenters. The number of nitrogens with one attached hydrogen (secondary N) is 1. The Kier molecular flexibility index (Phi) is 6.23. The van der Waals surface area contributed by atoms with E-state index in [1.54, 1.807) is 24.3 Å². The minimum Gasteiger partial charge on any atom is -0.490 e. The Morgan fingerprint density at radius 1 is 1.09 bits per heavy atom. The molecule has 0 saturated carbocycles. The van der Waals surface area contributed by atoms with Crippen molar-refractivity contribution in [1.82, 2.24) is 5.01 Å². The first kappa shape index (κ1) is 22.6. The van der Waals surface area contributed by atoms with Gasteiger partial charge in [-0.3, -0.25) is 10.2 Å². The van der Waals surface area contributed by atoms with Crippen molar-refractivity contribution in [1.29, 1.82) is 5.41 Å². The Hall–Kier alpha value is -3.60. The van der Waals surface area contributed by atoms with Crippen molar-refractivity contribution < 1.29 is 27.4 Å². The Balaban J connectivity index is 1.43. The summed E-state index contributed by atoms with van der Waals surface area (Å²) in [4.78, 5) is 16.0. The van der Waals surface area contributed by atoms with Crippen LogP contribution >= 0.6 is 11.8 Å². The number of hydrazone groups is 1. The van der Waals surface area contributed by atoms with Gasteiger partial charge < -0.3 is 9.47 Å². The van der Waals surface area contributed by atoms with Gasteiger partial charge in [-0.1, -0.05) is 24.3 Å². The molecule has 4 rings (SSSR count). The molecular weight excluding hydrogens is 457 g/mol. The van der Waals surface area contributed by atoms with Crippen LogP contribution in [-0.4, -0.2) is 46.4 Å². The molecular formula is C22H17F3N4O3S. The van der Waals surface area contributed by atoms with Gasteiger partial charge in [0.05, 0.1) is 5.57 Å². The third-order valence-electron chi connectivity index (χ3n) is 4.48. The number of benzene rings is 2. The van der Waals surface area contributed by atoms with Crippen LogP contribution in [0.25, 0.3) is 6.08 Å². The van der Waals surface area contributed by atoms with Gasteiger partial charge in [0.15, 0.2) is 5.84 Å². The maximum absolute atomic E-state index is 12.9. The molecule has 1 N–H and O–H groups in total. The van der Waals surface area contributed by atoms with Crippen LogP contribution in [0, 0.1) is 12.3 Å². The highest BCUT2D eigenvalue weighted by Crippen LogP contribution is 2.35. The van der Waals surface area contributed by atoms with Crippen molar-refractivity contribution in [2.75, 3.05) is 13.2 Å². The first-order valence-electron chi connectivity index (χ1n) is 9.70. The molecule has 2 aliphatic rings. The number of hydrogen-bond acceptors (Lipinski definition) is 6. The number of halogens is 3. The van der Waals surface area contributed by atoms with Crippen molar-refractivity contribution >= 4 is 39.8 Å². The van der Waals surface area contributed by atoms with Gasteiger partial charge in [0.2, 0.25) is 10.2 Å². The van der Waals surface area contributed by atoms with Gasteiger partial charge in [0.1, 0.15) is 24.7 Å². The number of hydrogen-bond donors (Lipinski definition) is 1. The number of alkyl halides is 3. The van der Waals surface area contributed by atoms with Crippen LogP contribution in [0.15, 0.2) is 64.2 Å². The molecule has 0 radical (unpaired) electrons. The molecule has 0 aromatic heterocycles. The number of ether oxygens (including phenoxy) is 2. The first-order chi connectivity index (χ1) is 15.7. The molecule has 0 bridgehead atoms. The average molecular weight is 474 g/mol. The Morgan fingerprint density at radius 2 is 1.76 bits per heavy atom. The summed E-state index contributed by atoms with van der Waals surface area (Å²) in [6.45, 7) is 2.56. The summed E-state index contributed by atoms with van der Waals surface area (Å²) in [5, 5.41) is 10.8. The topological polar surface area (TPSA) is 87.3 Å². The SMILES string of the molecule is Cc1cccc(OCCOc2cccc(C=C3C(=N)N4N=C(C(F)(F)F)SC4=NC3=O)c2)c1. The molecule has 2 aromatic carbocycles. The number of aryl methyl sites for hydroxylation is 1. The molecule has 2 aliphatic heterocycles. The predicted octanol–water partition coefficient (Wildman–Crippen LogP) is 4.63. The number of thioether (sulfide) groups is 1. The normalized spacial score (nSPS) is 17.1. The molecule has 0 spiro atoms. The van der Waals surface area contributed by atoms with E-state index in [9.17, 15) is 18.0 Å². The van der Waals surface area contributed by atoms with Crippen LogP contribution < -0.4 is 9.47 Å².